The van der Waals surface area contributed by atoms with Crippen LogP contribution in [0.25, 0.3) is 0 Å². The van der Waals surface area contributed by atoms with Gasteiger partial charge >= 0.3 is 5.51 Å². The van der Waals surface area contributed by atoms with Crippen LogP contribution in [0.1, 0.15) is 15.9 Å². The topological polar surface area (TPSA) is 122 Å². The molecule has 3 aromatic rings. The smallest absolute Gasteiger partial charge is 0.322 e. The van der Waals surface area contributed by atoms with Crippen LogP contribution in [0.3, 0.4) is 0 Å². The summed E-state index contributed by atoms with van der Waals surface area (Å²) in [6.45, 7) is 0.00839. The molecule has 0 bridgehead atoms. The van der Waals surface area contributed by atoms with E-state index >= 15 is 0 Å². The van der Waals surface area contributed by atoms with Crippen LogP contribution in [0.2, 0.25) is 0 Å². The molecule has 1 heterocycles. The van der Waals surface area contributed by atoms with Gasteiger partial charge in [-0.05, 0) is 60.2 Å². The summed E-state index contributed by atoms with van der Waals surface area (Å²) in [5, 5.41) is 2.37. The highest BCUT2D eigenvalue weighted by Crippen LogP contribution is 2.30. The molecule has 8 nitrogen and oxygen atoms in total. The fraction of sp³-hybridized carbons (Fsp3) is 0.100. The van der Waals surface area contributed by atoms with Gasteiger partial charge in [0, 0.05) is 30.2 Å². The van der Waals surface area contributed by atoms with Gasteiger partial charge in [-0.1, -0.05) is 6.07 Å². The Bertz CT molecular complexity index is 1360. The highest BCUT2D eigenvalue weighted by atomic mass is 32.2. The van der Waals surface area contributed by atoms with Crippen LogP contribution in [0.5, 0.6) is 0 Å². The minimum Gasteiger partial charge on any atom is -0.322 e. The number of hydrogen-bond acceptors (Lipinski definition) is 6. The first-order valence-electron chi connectivity index (χ1n) is 9.11. The second-order valence-electron chi connectivity index (χ2n) is 6.64. The standard InChI is InChI=1S/C20H16F3N3O5S2/c21-20(22,23)32(28,29)17-6-4-16(5-7-17)26-19(27)15-2-1-3-18(12-15)33(30,31)25-13-14-8-10-24-11-9-14/h1-12,25H,13H2,(H,26,27). The first-order chi connectivity index (χ1) is 15.4. The molecule has 0 atom stereocenters. The van der Waals surface area contributed by atoms with E-state index in [0.29, 0.717) is 17.7 Å². The molecule has 0 fully saturated rings. The van der Waals surface area contributed by atoms with Crippen LogP contribution in [0.15, 0.2) is 82.8 Å². The van der Waals surface area contributed by atoms with Crippen molar-refractivity contribution in [3.05, 3.63) is 84.2 Å². The van der Waals surface area contributed by atoms with Gasteiger partial charge in [-0.3, -0.25) is 9.78 Å². The summed E-state index contributed by atoms with van der Waals surface area (Å²) in [6.07, 6.45) is 3.03. The van der Waals surface area contributed by atoms with Crippen LogP contribution in [-0.4, -0.2) is 33.2 Å². The first-order valence-corrected chi connectivity index (χ1v) is 12.1. The number of amides is 1. The van der Waals surface area contributed by atoms with E-state index in [1.807, 2.05) is 0 Å². The number of sulfone groups is 1. The van der Waals surface area contributed by atoms with E-state index in [1.165, 1.54) is 30.6 Å². The van der Waals surface area contributed by atoms with E-state index < -0.39 is 36.2 Å². The summed E-state index contributed by atoms with van der Waals surface area (Å²) in [6, 6.07) is 11.8. The molecule has 1 amide bonds. The third kappa shape index (κ3) is 5.74. The Labute approximate surface area is 187 Å². The molecule has 13 heteroatoms. The number of benzene rings is 2. The summed E-state index contributed by atoms with van der Waals surface area (Å²) in [4.78, 5) is 15.2. The van der Waals surface area contributed by atoms with Crippen molar-refractivity contribution < 1.29 is 34.8 Å². The van der Waals surface area contributed by atoms with E-state index in [1.54, 1.807) is 12.1 Å². The largest absolute Gasteiger partial charge is 0.501 e. The predicted octanol–water partition coefficient (Wildman–Crippen LogP) is 3.11. The van der Waals surface area contributed by atoms with Crippen molar-refractivity contribution in [1.82, 2.24) is 9.71 Å². The van der Waals surface area contributed by atoms with Crippen molar-refractivity contribution in [2.24, 2.45) is 0 Å². The number of nitrogens with zero attached hydrogens (tertiary/aromatic N) is 1. The van der Waals surface area contributed by atoms with Gasteiger partial charge in [0.05, 0.1) is 9.79 Å². The fourth-order valence-corrected chi connectivity index (χ4v) is 4.45. The van der Waals surface area contributed by atoms with Crippen LogP contribution in [0.4, 0.5) is 18.9 Å². The van der Waals surface area contributed by atoms with Crippen LogP contribution < -0.4 is 10.0 Å². The lowest BCUT2D eigenvalue weighted by molar-refractivity contribution is -0.0436. The summed E-state index contributed by atoms with van der Waals surface area (Å²) >= 11 is 0. The molecule has 3 rings (SSSR count). The van der Waals surface area contributed by atoms with Gasteiger partial charge in [-0.25, -0.2) is 21.6 Å². The van der Waals surface area contributed by atoms with E-state index in [9.17, 15) is 34.8 Å². The number of carbonyl (C=O) groups is 1. The molecule has 0 saturated heterocycles. The molecule has 33 heavy (non-hydrogen) atoms. The van der Waals surface area contributed by atoms with Gasteiger partial charge in [0.15, 0.2) is 0 Å². The Kier molecular flexibility index (Phi) is 6.86. The lowest BCUT2D eigenvalue weighted by Gasteiger charge is -2.10. The predicted molar refractivity (Wildman–Crippen MR) is 112 cm³/mol. The number of nitrogens with one attached hydrogen (secondary N) is 2. The normalized spacial score (nSPS) is 12.3. The van der Waals surface area contributed by atoms with Crippen molar-refractivity contribution in [2.75, 3.05) is 5.32 Å². The van der Waals surface area contributed by atoms with E-state index in [0.717, 1.165) is 18.2 Å². The maximum atomic E-state index is 12.6. The third-order valence-electron chi connectivity index (χ3n) is 4.35. The molecular weight excluding hydrogens is 483 g/mol. The Balaban J connectivity index is 1.73. The van der Waals surface area contributed by atoms with Crippen molar-refractivity contribution in [3.8, 4) is 0 Å². The number of pyridine rings is 1. The average molecular weight is 499 g/mol. The lowest BCUT2D eigenvalue weighted by atomic mass is 10.2. The third-order valence-corrected chi connectivity index (χ3v) is 7.25. The zero-order chi connectivity index (χ0) is 24.3. The Morgan fingerprint density at radius 1 is 0.879 bits per heavy atom. The lowest BCUT2D eigenvalue weighted by Crippen LogP contribution is -2.24. The van der Waals surface area contributed by atoms with Crippen LogP contribution in [-0.2, 0) is 26.4 Å². The monoisotopic (exact) mass is 499 g/mol. The van der Waals surface area contributed by atoms with E-state index in [4.69, 9.17) is 0 Å². The van der Waals surface area contributed by atoms with Crippen molar-refractivity contribution in [3.63, 3.8) is 0 Å². The van der Waals surface area contributed by atoms with Gasteiger partial charge in [0.1, 0.15) is 0 Å². The maximum Gasteiger partial charge on any atom is 0.501 e. The van der Waals surface area contributed by atoms with E-state index in [-0.39, 0.29) is 22.7 Å². The molecule has 2 aromatic carbocycles. The summed E-state index contributed by atoms with van der Waals surface area (Å²) in [5.74, 6) is -0.743. The number of aromatic nitrogens is 1. The van der Waals surface area contributed by atoms with Crippen LogP contribution in [0, 0.1) is 0 Å². The number of hydrogen-bond donors (Lipinski definition) is 2. The van der Waals surface area contributed by atoms with E-state index in [2.05, 4.69) is 15.0 Å². The zero-order valence-electron chi connectivity index (χ0n) is 16.6. The molecule has 2 N–H and O–H groups in total. The molecule has 0 aliphatic heterocycles. The number of halogens is 3. The van der Waals surface area contributed by atoms with Crippen molar-refractivity contribution in [1.29, 1.82) is 0 Å². The highest BCUT2D eigenvalue weighted by Gasteiger charge is 2.46. The number of carbonyl (C=O) groups excluding carboxylic acids is 1. The van der Waals surface area contributed by atoms with Crippen molar-refractivity contribution in [2.45, 2.75) is 21.8 Å². The molecule has 0 spiro atoms. The van der Waals surface area contributed by atoms with Crippen molar-refractivity contribution >= 4 is 31.5 Å². The van der Waals surface area contributed by atoms with Crippen LogP contribution >= 0.6 is 0 Å². The molecule has 0 radical (unpaired) electrons. The molecule has 0 unspecified atom stereocenters. The fourth-order valence-electron chi connectivity index (χ4n) is 2.62. The molecule has 0 saturated carbocycles. The van der Waals surface area contributed by atoms with Gasteiger partial charge in [0.25, 0.3) is 15.7 Å². The summed E-state index contributed by atoms with van der Waals surface area (Å²) < 4.78 is 88.2. The average Bonchev–Trinajstić information content (AvgIpc) is 2.78. The molecule has 0 aliphatic rings. The van der Waals surface area contributed by atoms with Gasteiger partial charge in [-0.15, -0.1) is 0 Å². The Morgan fingerprint density at radius 3 is 2.12 bits per heavy atom. The minimum atomic E-state index is -5.51. The molecule has 174 valence electrons. The van der Waals surface area contributed by atoms with Gasteiger partial charge in [-0.2, -0.15) is 13.2 Å². The summed E-state index contributed by atoms with van der Waals surface area (Å²) in [7, 11) is -9.46. The van der Waals surface area contributed by atoms with Gasteiger partial charge < -0.3 is 5.32 Å². The SMILES string of the molecule is O=C(Nc1ccc(S(=O)(=O)C(F)(F)F)cc1)c1cccc(S(=O)(=O)NCc2ccncc2)c1. The quantitative estimate of drug-likeness (QED) is 0.515. The molecular formula is C20H16F3N3O5S2. The second-order valence-corrected chi connectivity index (χ2v) is 10.3. The Hall–Kier alpha value is -3.29. The summed E-state index contributed by atoms with van der Waals surface area (Å²) in [5.41, 5.74) is -4.78. The minimum absolute atomic E-state index is 0.00839. The Morgan fingerprint density at radius 2 is 1.52 bits per heavy atom. The molecule has 1 aromatic heterocycles. The highest BCUT2D eigenvalue weighted by molar-refractivity contribution is 7.92. The zero-order valence-corrected chi connectivity index (χ0v) is 18.2. The molecule has 0 aliphatic carbocycles. The number of sulfonamides is 1. The second kappa shape index (κ2) is 9.29. The maximum absolute atomic E-state index is 12.6. The number of alkyl halides is 3. The van der Waals surface area contributed by atoms with Gasteiger partial charge in [0.2, 0.25) is 10.0 Å². The number of rotatable bonds is 7. The first kappa shape index (κ1) is 24.4. The number of anilines is 1.